The lowest BCUT2D eigenvalue weighted by atomic mass is 10.1. The largest absolute Gasteiger partial charge is 0.462 e. The van der Waals surface area contributed by atoms with E-state index in [0.29, 0.717) is 23.9 Å². The topological polar surface area (TPSA) is 68.5 Å². The van der Waals surface area contributed by atoms with E-state index in [1.54, 1.807) is 6.20 Å². The zero-order chi connectivity index (χ0) is 13.0. The lowest BCUT2D eigenvalue weighted by molar-refractivity contribution is 0.0532. The molecule has 1 aliphatic heterocycles. The highest BCUT2D eigenvalue weighted by Gasteiger charge is 2.26. The number of thiazole rings is 1. The first-order chi connectivity index (χ1) is 8.74. The number of ether oxygens (including phenoxy) is 1. The summed E-state index contributed by atoms with van der Waals surface area (Å²) < 4.78 is 4.97. The van der Waals surface area contributed by atoms with Crippen LogP contribution < -0.4 is 5.73 Å². The molecule has 0 aromatic carbocycles. The smallest absolute Gasteiger partial charge is 0.349 e. The zero-order valence-electron chi connectivity index (χ0n) is 10.6. The van der Waals surface area contributed by atoms with E-state index < -0.39 is 0 Å². The van der Waals surface area contributed by atoms with E-state index >= 15 is 0 Å². The Hall–Kier alpha value is -0.980. The molecule has 0 spiro atoms. The van der Waals surface area contributed by atoms with Gasteiger partial charge in [-0.1, -0.05) is 0 Å². The van der Waals surface area contributed by atoms with Gasteiger partial charge < -0.3 is 15.4 Å². The van der Waals surface area contributed by atoms with Gasteiger partial charge >= 0.3 is 5.97 Å². The molecular formula is C12H19N3O2S. The fourth-order valence-corrected chi connectivity index (χ4v) is 3.13. The van der Waals surface area contributed by atoms with Gasteiger partial charge in [0.2, 0.25) is 0 Å². The van der Waals surface area contributed by atoms with Crippen LogP contribution in [0.25, 0.3) is 0 Å². The minimum Gasteiger partial charge on any atom is -0.462 e. The molecule has 0 bridgehead atoms. The van der Waals surface area contributed by atoms with Gasteiger partial charge in [-0.15, -0.1) is 11.3 Å². The van der Waals surface area contributed by atoms with Gasteiger partial charge in [-0.2, -0.15) is 0 Å². The highest BCUT2D eigenvalue weighted by Crippen LogP contribution is 2.30. The third-order valence-electron chi connectivity index (χ3n) is 3.07. The molecule has 1 aromatic heterocycles. The molecule has 0 amide bonds. The third-order valence-corrected chi connectivity index (χ3v) is 4.21. The molecule has 100 valence electrons. The molecule has 2 N–H and O–H groups in total. The van der Waals surface area contributed by atoms with E-state index in [4.69, 9.17) is 10.5 Å². The molecular weight excluding hydrogens is 250 g/mol. The Morgan fingerprint density at radius 3 is 3.28 bits per heavy atom. The van der Waals surface area contributed by atoms with Crippen LogP contribution in [0.5, 0.6) is 0 Å². The number of nitrogens with two attached hydrogens (primary N) is 1. The highest BCUT2D eigenvalue weighted by atomic mass is 32.1. The fraction of sp³-hybridized carbons (Fsp3) is 0.667. The van der Waals surface area contributed by atoms with Crippen molar-refractivity contribution in [3.05, 3.63) is 16.1 Å². The molecule has 1 aromatic rings. The van der Waals surface area contributed by atoms with Crippen LogP contribution in [0.2, 0.25) is 0 Å². The minimum atomic E-state index is -0.266. The molecule has 0 aliphatic carbocycles. The zero-order valence-corrected chi connectivity index (χ0v) is 11.4. The molecule has 1 fully saturated rings. The van der Waals surface area contributed by atoms with E-state index in [-0.39, 0.29) is 5.97 Å². The maximum absolute atomic E-state index is 11.6. The number of nitrogens with zero attached hydrogens (tertiary/aromatic N) is 2. The molecule has 2 rings (SSSR count). The molecule has 5 nitrogen and oxygen atoms in total. The quantitative estimate of drug-likeness (QED) is 0.810. The number of carbonyl (C=O) groups excluding carboxylic acids is 1. The van der Waals surface area contributed by atoms with Crippen LogP contribution in [0.15, 0.2) is 6.20 Å². The molecule has 1 saturated heterocycles. The van der Waals surface area contributed by atoms with Crippen LogP contribution in [0.3, 0.4) is 0 Å². The maximum atomic E-state index is 11.6. The molecule has 0 radical (unpaired) electrons. The summed E-state index contributed by atoms with van der Waals surface area (Å²) in [5.74, 6) is 0.169. The first-order valence-electron chi connectivity index (χ1n) is 6.29. The van der Waals surface area contributed by atoms with Gasteiger partial charge in [0.15, 0.2) is 0 Å². The number of hydrogen-bond acceptors (Lipinski definition) is 6. The van der Waals surface area contributed by atoms with Crippen molar-refractivity contribution in [1.29, 1.82) is 0 Å². The summed E-state index contributed by atoms with van der Waals surface area (Å²) >= 11 is 1.45. The van der Waals surface area contributed by atoms with Crippen molar-refractivity contribution in [3.63, 3.8) is 0 Å². The maximum Gasteiger partial charge on any atom is 0.349 e. The van der Waals surface area contributed by atoms with Gasteiger partial charge in [-0.05, 0) is 19.9 Å². The van der Waals surface area contributed by atoms with Crippen LogP contribution in [-0.4, -0.2) is 48.6 Å². The molecule has 18 heavy (non-hydrogen) atoms. The molecule has 0 saturated carbocycles. The van der Waals surface area contributed by atoms with E-state index in [0.717, 1.165) is 31.1 Å². The van der Waals surface area contributed by atoms with Crippen LogP contribution in [0, 0.1) is 0 Å². The van der Waals surface area contributed by atoms with Crippen LogP contribution in [-0.2, 0) is 4.74 Å². The Labute approximate surface area is 111 Å². The van der Waals surface area contributed by atoms with Crippen molar-refractivity contribution in [2.45, 2.75) is 19.3 Å². The van der Waals surface area contributed by atoms with Crippen molar-refractivity contribution in [3.8, 4) is 0 Å². The van der Waals surface area contributed by atoms with Crippen LogP contribution in [0.4, 0.5) is 0 Å². The standard InChI is InChI=1S/C12H19N3O2S/c1-2-17-12(16)10-7-14-11(18-10)9-3-5-15(8-9)6-4-13/h7,9H,2-6,8,13H2,1H3/t9-/m1/s1. The number of rotatable bonds is 5. The van der Waals surface area contributed by atoms with E-state index in [1.165, 1.54) is 11.3 Å². The number of aromatic nitrogens is 1. The van der Waals surface area contributed by atoms with Crippen molar-refractivity contribution in [1.82, 2.24) is 9.88 Å². The van der Waals surface area contributed by atoms with Gasteiger partial charge in [0.25, 0.3) is 0 Å². The summed E-state index contributed by atoms with van der Waals surface area (Å²) in [6.45, 7) is 5.90. The summed E-state index contributed by atoms with van der Waals surface area (Å²) in [6, 6.07) is 0. The van der Waals surface area contributed by atoms with E-state index in [1.807, 2.05) is 6.92 Å². The summed E-state index contributed by atoms with van der Waals surface area (Å²) in [6.07, 6.45) is 2.72. The lowest BCUT2D eigenvalue weighted by Crippen LogP contribution is -2.26. The van der Waals surface area contributed by atoms with E-state index in [9.17, 15) is 4.79 Å². The lowest BCUT2D eigenvalue weighted by Gasteiger charge is -2.13. The second-order valence-corrected chi connectivity index (χ2v) is 5.42. The first-order valence-corrected chi connectivity index (χ1v) is 7.11. The number of likely N-dealkylation sites (tertiary alicyclic amines) is 1. The molecule has 0 unspecified atom stereocenters. The Morgan fingerprint density at radius 2 is 2.56 bits per heavy atom. The van der Waals surface area contributed by atoms with E-state index in [2.05, 4.69) is 9.88 Å². The monoisotopic (exact) mass is 269 g/mol. The SMILES string of the molecule is CCOC(=O)c1cnc([C@@H]2CCN(CCN)C2)s1. The Bertz CT molecular complexity index is 408. The second-order valence-electron chi connectivity index (χ2n) is 4.36. The Kier molecular flexibility index (Phi) is 4.68. The van der Waals surface area contributed by atoms with Crippen LogP contribution in [0.1, 0.15) is 33.9 Å². The Morgan fingerprint density at radius 1 is 1.72 bits per heavy atom. The highest BCUT2D eigenvalue weighted by molar-refractivity contribution is 7.13. The number of esters is 1. The van der Waals surface area contributed by atoms with Crippen molar-refractivity contribution < 1.29 is 9.53 Å². The molecule has 6 heteroatoms. The average molecular weight is 269 g/mol. The molecule has 2 heterocycles. The van der Waals surface area contributed by atoms with Gasteiger partial charge in [-0.3, -0.25) is 0 Å². The summed E-state index contributed by atoms with van der Waals surface area (Å²) in [5, 5.41) is 1.04. The summed E-state index contributed by atoms with van der Waals surface area (Å²) in [7, 11) is 0. The first kappa shape index (κ1) is 13.5. The number of hydrogen-bond donors (Lipinski definition) is 1. The summed E-state index contributed by atoms with van der Waals surface area (Å²) in [5.41, 5.74) is 5.55. The summed E-state index contributed by atoms with van der Waals surface area (Å²) in [4.78, 5) is 18.9. The van der Waals surface area contributed by atoms with Gasteiger partial charge in [0.05, 0.1) is 17.8 Å². The Balaban J connectivity index is 1.96. The minimum absolute atomic E-state index is 0.266. The van der Waals surface area contributed by atoms with Crippen molar-refractivity contribution >= 4 is 17.3 Å². The van der Waals surface area contributed by atoms with Crippen molar-refractivity contribution in [2.24, 2.45) is 5.73 Å². The second kappa shape index (κ2) is 6.26. The number of carbonyl (C=O) groups is 1. The third kappa shape index (κ3) is 3.07. The molecule has 1 aliphatic rings. The van der Waals surface area contributed by atoms with Gasteiger partial charge in [-0.25, -0.2) is 9.78 Å². The average Bonchev–Trinajstić information content (AvgIpc) is 2.97. The van der Waals surface area contributed by atoms with Crippen molar-refractivity contribution in [2.75, 3.05) is 32.8 Å². The van der Waals surface area contributed by atoms with Gasteiger partial charge in [0.1, 0.15) is 4.88 Å². The normalized spacial score (nSPS) is 20.2. The van der Waals surface area contributed by atoms with Crippen LogP contribution >= 0.6 is 11.3 Å². The predicted molar refractivity (Wildman–Crippen MR) is 70.9 cm³/mol. The van der Waals surface area contributed by atoms with Gasteiger partial charge in [0, 0.05) is 25.6 Å². The fourth-order valence-electron chi connectivity index (χ4n) is 2.19. The predicted octanol–water partition coefficient (Wildman–Crippen LogP) is 1.07. The molecule has 1 atom stereocenters.